The molecule has 1 aliphatic carbocycles. The quantitative estimate of drug-likeness (QED) is 0.749. The predicted octanol–water partition coefficient (Wildman–Crippen LogP) is 2.46. The smallest absolute Gasteiger partial charge is 0.237 e. The SMILES string of the molecule is CCC(CC)NC(=O)C(C)NC1CCC(C)C1. The van der Waals surface area contributed by atoms with Crippen LogP contribution in [0.4, 0.5) is 0 Å². The highest BCUT2D eigenvalue weighted by molar-refractivity contribution is 5.81. The average Bonchev–Trinajstić information content (AvgIpc) is 2.71. The Morgan fingerprint density at radius 2 is 1.94 bits per heavy atom. The van der Waals surface area contributed by atoms with Gasteiger partial charge >= 0.3 is 0 Å². The Balaban J connectivity index is 2.31. The third kappa shape index (κ3) is 4.66. The second-order valence-corrected chi connectivity index (χ2v) is 5.53. The Bertz CT molecular complexity index is 238. The molecule has 3 nitrogen and oxygen atoms in total. The molecule has 1 aliphatic rings. The molecule has 17 heavy (non-hydrogen) atoms. The minimum absolute atomic E-state index is 0.0640. The van der Waals surface area contributed by atoms with Crippen LogP contribution in [-0.2, 0) is 4.79 Å². The summed E-state index contributed by atoms with van der Waals surface area (Å²) in [5.74, 6) is 0.958. The van der Waals surface area contributed by atoms with E-state index in [0.29, 0.717) is 12.1 Å². The molecule has 0 bridgehead atoms. The fourth-order valence-electron chi connectivity index (χ4n) is 2.61. The van der Waals surface area contributed by atoms with Gasteiger partial charge in [0.1, 0.15) is 0 Å². The lowest BCUT2D eigenvalue weighted by molar-refractivity contribution is -0.123. The van der Waals surface area contributed by atoms with Gasteiger partial charge < -0.3 is 10.6 Å². The van der Waals surface area contributed by atoms with Gasteiger partial charge in [-0.15, -0.1) is 0 Å². The molecule has 1 amide bonds. The topological polar surface area (TPSA) is 41.1 Å². The lowest BCUT2D eigenvalue weighted by Gasteiger charge is -2.22. The highest BCUT2D eigenvalue weighted by Gasteiger charge is 2.25. The molecule has 0 radical (unpaired) electrons. The van der Waals surface area contributed by atoms with Crippen molar-refractivity contribution in [2.24, 2.45) is 5.92 Å². The van der Waals surface area contributed by atoms with Crippen LogP contribution in [0.2, 0.25) is 0 Å². The first-order valence-corrected chi connectivity index (χ1v) is 7.13. The van der Waals surface area contributed by atoms with E-state index in [2.05, 4.69) is 31.4 Å². The number of amides is 1. The van der Waals surface area contributed by atoms with Crippen LogP contribution in [0.1, 0.15) is 59.8 Å². The first kappa shape index (κ1) is 14.5. The van der Waals surface area contributed by atoms with E-state index in [1.54, 1.807) is 0 Å². The molecule has 0 saturated heterocycles. The lowest BCUT2D eigenvalue weighted by Crippen LogP contribution is -2.48. The molecule has 0 aromatic heterocycles. The summed E-state index contributed by atoms with van der Waals surface area (Å²) in [6, 6.07) is 0.799. The van der Waals surface area contributed by atoms with E-state index in [1.807, 2.05) is 6.92 Å². The van der Waals surface area contributed by atoms with Gasteiger partial charge in [0.05, 0.1) is 6.04 Å². The van der Waals surface area contributed by atoms with Crippen LogP contribution in [0.25, 0.3) is 0 Å². The molecule has 100 valence electrons. The number of hydrogen-bond donors (Lipinski definition) is 2. The van der Waals surface area contributed by atoms with E-state index in [1.165, 1.54) is 19.3 Å². The van der Waals surface area contributed by atoms with Crippen LogP contribution in [0.3, 0.4) is 0 Å². The van der Waals surface area contributed by atoms with Gasteiger partial charge in [0.25, 0.3) is 0 Å². The van der Waals surface area contributed by atoms with Crippen LogP contribution < -0.4 is 10.6 Å². The van der Waals surface area contributed by atoms with Crippen LogP contribution in [0.5, 0.6) is 0 Å². The highest BCUT2D eigenvalue weighted by atomic mass is 16.2. The maximum atomic E-state index is 12.0. The molecular formula is C14H28N2O. The van der Waals surface area contributed by atoms with Crippen LogP contribution in [0.15, 0.2) is 0 Å². The monoisotopic (exact) mass is 240 g/mol. The lowest BCUT2D eigenvalue weighted by atomic mass is 10.1. The van der Waals surface area contributed by atoms with Gasteiger partial charge in [-0.2, -0.15) is 0 Å². The van der Waals surface area contributed by atoms with Crippen LogP contribution in [-0.4, -0.2) is 24.0 Å². The molecule has 2 N–H and O–H groups in total. The largest absolute Gasteiger partial charge is 0.352 e. The zero-order valence-corrected chi connectivity index (χ0v) is 11.8. The number of nitrogens with one attached hydrogen (secondary N) is 2. The van der Waals surface area contributed by atoms with Crippen molar-refractivity contribution in [3.63, 3.8) is 0 Å². The second kappa shape index (κ2) is 7.00. The maximum absolute atomic E-state index is 12.0. The number of carbonyl (C=O) groups excluding carboxylic acids is 1. The summed E-state index contributed by atoms with van der Waals surface area (Å²) in [6.45, 7) is 8.49. The Labute approximate surface area is 106 Å². The second-order valence-electron chi connectivity index (χ2n) is 5.53. The van der Waals surface area contributed by atoms with E-state index < -0.39 is 0 Å². The van der Waals surface area contributed by atoms with E-state index >= 15 is 0 Å². The van der Waals surface area contributed by atoms with Crippen molar-refractivity contribution >= 4 is 5.91 Å². The number of rotatable bonds is 6. The fourth-order valence-corrected chi connectivity index (χ4v) is 2.61. The van der Waals surface area contributed by atoms with Crippen molar-refractivity contribution in [2.45, 2.75) is 77.9 Å². The van der Waals surface area contributed by atoms with Gasteiger partial charge in [-0.3, -0.25) is 4.79 Å². The first-order chi connectivity index (χ1) is 8.06. The first-order valence-electron chi connectivity index (χ1n) is 7.13. The Kier molecular flexibility index (Phi) is 5.96. The molecule has 3 unspecified atom stereocenters. The zero-order valence-electron chi connectivity index (χ0n) is 11.8. The fraction of sp³-hybridized carbons (Fsp3) is 0.929. The minimum Gasteiger partial charge on any atom is -0.352 e. The summed E-state index contributed by atoms with van der Waals surface area (Å²) < 4.78 is 0. The molecule has 1 fully saturated rings. The number of hydrogen-bond acceptors (Lipinski definition) is 2. The van der Waals surface area contributed by atoms with Gasteiger partial charge in [-0.05, 0) is 44.9 Å². The molecule has 0 aromatic carbocycles. The van der Waals surface area contributed by atoms with E-state index in [0.717, 1.165) is 18.8 Å². The van der Waals surface area contributed by atoms with Crippen molar-refractivity contribution in [3.8, 4) is 0 Å². The van der Waals surface area contributed by atoms with E-state index in [9.17, 15) is 4.79 Å². The van der Waals surface area contributed by atoms with Crippen molar-refractivity contribution in [1.29, 1.82) is 0 Å². The molecular weight excluding hydrogens is 212 g/mol. The summed E-state index contributed by atoms with van der Waals surface area (Å²) >= 11 is 0. The highest BCUT2D eigenvalue weighted by Crippen LogP contribution is 2.24. The van der Waals surface area contributed by atoms with Crippen LogP contribution >= 0.6 is 0 Å². The molecule has 1 saturated carbocycles. The predicted molar refractivity (Wildman–Crippen MR) is 71.9 cm³/mol. The van der Waals surface area contributed by atoms with Gasteiger partial charge in [0, 0.05) is 12.1 Å². The van der Waals surface area contributed by atoms with Gasteiger partial charge in [0.2, 0.25) is 5.91 Å². The molecule has 3 atom stereocenters. The zero-order chi connectivity index (χ0) is 12.8. The molecule has 0 heterocycles. The van der Waals surface area contributed by atoms with E-state index in [-0.39, 0.29) is 11.9 Å². The van der Waals surface area contributed by atoms with Crippen molar-refractivity contribution in [2.75, 3.05) is 0 Å². The van der Waals surface area contributed by atoms with Crippen molar-refractivity contribution < 1.29 is 4.79 Å². The summed E-state index contributed by atoms with van der Waals surface area (Å²) in [4.78, 5) is 12.0. The summed E-state index contributed by atoms with van der Waals surface area (Å²) in [5.41, 5.74) is 0. The number of carbonyl (C=O) groups is 1. The Morgan fingerprint density at radius 3 is 2.41 bits per heavy atom. The molecule has 0 aromatic rings. The molecule has 0 aliphatic heterocycles. The minimum atomic E-state index is -0.0640. The standard InChI is InChI=1S/C14H28N2O/c1-5-12(6-2)16-14(17)11(4)15-13-8-7-10(3)9-13/h10-13,15H,5-9H2,1-4H3,(H,16,17). The third-order valence-corrected chi connectivity index (χ3v) is 3.91. The molecule has 3 heteroatoms. The molecule has 0 spiro atoms. The van der Waals surface area contributed by atoms with Gasteiger partial charge in [-0.1, -0.05) is 20.8 Å². The van der Waals surface area contributed by atoms with Gasteiger partial charge in [-0.25, -0.2) is 0 Å². The van der Waals surface area contributed by atoms with Gasteiger partial charge in [0.15, 0.2) is 0 Å². The van der Waals surface area contributed by atoms with Crippen molar-refractivity contribution in [1.82, 2.24) is 10.6 Å². The van der Waals surface area contributed by atoms with Crippen LogP contribution in [0, 0.1) is 5.92 Å². The maximum Gasteiger partial charge on any atom is 0.237 e. The Morgan fingerprint density at radius 1 is 1.29 bits per heavy atom. The average molecular weight is 240 g/mol. The molecule has 1 rings (SSSR count). The van der Waals surface area contributed by atoms with Crippen molar-refractivity contribution in [3.05, 3.63) is 0 Å². The summed E-state index contributed by atoms with van der Waals surface area (Å²) in [5, 5.41) is 6.55. The summed E-state index contributed by atoms with van der Waals surface area (Å²) in [7, 11) is 0. The van der Waals surface area contributed by atoms with E-state index in [4.69, 9.17) is 0 Å². The summed E-state index contributed by atoms with van der Waals surface area (Å²) in [6.07, 6.45) is 5.73. The third-order valence-electron chi connectivity index (χ3n) is 3.91. The Hall–Kier alpha value is -0.570. The normalized spacial score (nSPS) is 26.2.